The summed E-state index contributed by atoms with van der Waals surface area (Å²) in [6.45, 7) is 4.62. The lowest BCUT2D eigenvalue weighted by Crippen LogP contribution is -2.39. The number of hydrogen-bond acceptors (Lipinski definition) is 8. The molecular weight excluding hydrogens is 429 g/mol. The van der Waals surface area contributed by atoms with E-state index in [1.54, 1.807) is 10.8 Å². The van der Waals surface area contributed by atoms with E-state index in [2.05, 4.69) is 25.3 Å². The Morgan fingerprint density at radius 3 is 2.66 bits per heavy atom. The first-order valence-electron chi connectivity index (χ1n) is 8.87. The van der Waals surface area contributed by atoms with E-state index in [0.29, 0.717) is 30.6 Å². The van der Waals surface area contributed by atoms with Crippen LogP contribution in [-0.4, -0.2) is 36.7 Å². The molecule has 1 aromatic carbocycles. The minimum absolute atomic E-state index is 0.0159. The lowest BCUT2D eigenvalue weighted by atomic mass is 9.92. The van der Waals surface area contributed by atoms with Gasteiger partial charge < -0.3 is 4.90 Å². The van der Waals surface area contributed by atoms with Gasteiger partial charge in [0.05, 0.1) is 5.69 Å². The van der Waals surface area contributed by atoms with E-state index in [4.69, 9.17) is 0 Å². The van der Waals surface area contributed by atoms with Crippen LogP contribution in [0.1, 0.15) is 32.3 Å². The molecule has 1 unspecified atom stereocenters. The van der Waals surface area contributed by atoms with E-state index in [1.807, 2.05) is 13.8 Å². The van der Waals surface area contributed by atoms with E-state index < -0.39 is 15.5 Å². The molecule has 1 N–H and O–H groups in total. The molecule has 29 heavy (non-hydrogen) atoms. The molecule has 0 spiro atoms. The van der Waals surface area contributed by atoms with Gasteiger partial charge in [-0.1, -0.05) is 18.3 Å². The van der Waals surface area contributed by atoms with Gasteiger partial charge in [-0.3, -0.25) is 4.72 Å². The Morgan fingerprint density at radius 2 is 2.07 bits per heavy atom. The average Bonchev–Trinajstić information content (AvgIpc) is 3.18. The molecule has 0 saturated carbocycles. The highest BCUT2D eigenvalue weighted by Crippen LogP contribution is 2.43. The number of halogens is 3. The van der Waals surface area contributed by atoms with Crippen LogP contribution in [0.3, 0.4) is 0 Å². The zero-order chi connectivity index (χ0) is 21.2. The second kappa shape index (κ2) is 8.22. The van der Waals surface area contributed by atoms with Gasteiger partial charge >= 0.3 is 15.5 Å². The van der Waals surface area contributed by atoms with Crippen molar-refractivity contribution in [3.63, 3.8) is 0 Å². The molecule has 1 aliphatic rings. The number of alkyl halides is 3. The van der Waals surface area contributed by atoms with Crippen molar-refractivity contribution in [2.24, 2.45) is 10.2 Å². The Labute approximate surface area is 169 Å². The van der Waals surface area contributed by atoms with Crippen molar-refractivity contribution < 1.29 is 21.6 Å². The van der Waals surface area contributed by atoms with Crippen LogP contribution in [0.15, 0.2) is 27.9 Å². The third kappa shape index (κ3) is 4.34. The van der Waals surface area contributed by atoms with Crippen molar-refractivity contribution in [3.8, 4) is 0 Å². The normalized spacial score (nSPS) is 17.6. The van der Waals surface area contributed by atoms with Gasteiger partial charge in [-0.2, -0.15) is 21.6 Å². The van der Waals surface area contributed by atoms with E-state index in [-0.39, 0.29) is 22.5 Å². The standard InChI is InChI=1S/C16H19F3N6O2S2/c1-3-10-5-6-11-13(25(10)4-2)8-7-12(21-23-15-22-20-9-28-15)14(11)24-29(26,27)16(17,18)19/h7-10,24H,3-6H2,1-2H3. The SMILES string of the molecule is CCC1CCc2c(ccc(N=Nc3nncs3)c2NS(=O)(=O)C(F)(F)F)N1CC. The molecular formula is C16H19F3N6O2S2. The number of aromatic nitrogens is 2. The van der Waals surface area contributed by atoms with Crippen molar-refractivity contribution in [2.45, 2.75) is 44.7 Å². The summed E-state index contributed by atoms with van der Waals surface area (Å²) >= 11 is 1.09. The van der Waals surface area contributed by atoms with Gasteiger partial charge in [-0.05, 0) is 38.3 Å². The number of hydrogen-bond donors (Lipinski definition) is 1. The van der Waals surface area contributed by atoms with E-state index in [0.717, 1.165) is 17.8 Å². The van der Waals surface area contributed by atoms with Gasteiger partial charge in [-0.25, -0.2) is 0 Å². The van der Waals surface area contributed by atoms with Crippen LogP contribution in [-0.2, 0) is 16.4 Å². The maximum absolute atomic E-state index is 13.0. The molecule has 0 saturated heterocycles. The maximum Gasteiger partial charge on any atom is 0.516 e. The highest BCUT2D eigenvalue weighted by Gasteiger charge is 2.47. The summed E-state index contributed by atoms with van der Waals surface area (Å²) in [6.07, 6.45) is 1.98. The molecule has 13 heteroatoms. The summed E-state index contributed by atoms with van der Waals surface area (Å²) < 4.78 is 64.4. The molecule has 1 atom stereocenters. The lowest BCUT2D eigenvalue weighted by molar-refractivity contribution is -0.0429. The fraction of sp³-hybridized carbons (Fsp3) is 0.500. The Balaban J connectivity index is 2.12. The minimum atomic E-state index is -5.62. The summed E-state index contributed by atoms with van der Waals surface area (Å²) in [5.41, 5.74) is -3.08. The first kappa shape index (κ1) is 21.4. The number of benzene rings is 1. The third-order valence-electron chi connectivity index (χ3n) is 4.69. The van der Waals surface area contributed by atoms with Crippen LogP contribution in [0.2, 0.25) is 0 Å². The first-order valence-corrected chi connectivity index (χ1v) is 11.2. The number of rotatable bonds is 6. The number of nitrogens with one attached hydrogen (secondary N) is 1. The van der Waals surface area contributed by atoms with Crippen LogP contribution >= 0.6 is 11.3 Å². The number of azo groups is 1. The van der Waals surface area contributed by atoms with Crippen LogP contribution in [0, 0.1) is 0 Å². The highest BCUT2D eigenvalue weighted by atomic mass is 32.2. The topological polar surface area (TPSA) is 99.9 Å². The quantitative estimate of drug-likeness (QED) is 0.642. The molecule has 158 valence electrons. The van der Waals surface area contributed by atoms with Crippen LogP contribution in [0.4, 0.5) is 35.4 Å². The van der Waals surface area contributed by atoms with Gasteiger partial charge in [-0.15, -0.1) is 20.4 Å². The number of anilines is 2. The van der Waals surface area contributed by atoms with Crippen molar-refractivity contribution >= 4 is 43.6 Å². The van der Waals surface area contributed by atoms with Gasteiger partial charge in [0.1, 0.15) is 11.2 Å². The second-order valence-corrected chi connectivity index (χ2v) is 8.80. The minimum Gasteiger partial charge on any atom is -0.369 e. The summed E-state index contributed by atoms with van der Waals surface area (Å²) in [4.78, 5) is 2.07. The monoisotopic (exact) mass is 448 g/mol. The molecule has 0 amide bonds. The number of sulfonamides is 1. The zero-order valence-electron chi connectivity index (χ0n) is 15.6. The Morgan fingerprint density at radius 1 is 1.31 bits per heavy atom. The Bertz CT molecular complexity index is 993. The average molecular weight is 448 g/mol. The maximum atomic E-state index is 13.0. The molecule has 0 aliphatic carbocycles. The van der Waals surface area contributed by atoms with E-state index in [9.17, 15) is 21.6 Å². The van der Waals surface area contributed by atoms with Gasteiger partial charge in [0, 0.05) is 23.8 Å². The number of fused-ring (bicyclic) bond motifs is 1. The molecule has 1 aromatic heterocycles. The smallest absolute Gasteiger partial charge is 0.369 e. The summed E-state index contributed by atoms with van der Waals surface area (Å²) in [5, 5.41) is 15.3. The predicted octanol–water partition coefficient (Wildman–Crippen LogP) is 4.77. The van der Waals surface area contributed by atoms with Crippen molar-refractivity contribution in [1.82, 2.24) is 10.2 Å². The fourth-order valence-corrected chi connectivity index (χ4v) is 4.34. The highest BCUT2D eigenvalue weighted by molar-refractivity contribution is 7.93. The fourth-order valence-electron chi connectivity index (χ4n) is 3.36. The van der Waals surface area contributed by atoms with E-state index >= 15 is 0 Å². The van der Waals surface area contributed by atoms with Crippen molar-refractivity contribution in [2.75, 3.05) is 16.2 Å². The van der Waals surface area contributed by atoms with Crippen LogP contribution in [0.25, 0.3) is 0 Å². The van der Waals surface area contributed by atoms with Crippen molar-refractivity contribution in [3.05, 3.63) is 23.2 Å². The summed E-state index contributed by atoms with van der Waals surface area (Å²) in [6, 6.07) is 3.42. The molecule has 1 aliphatic heterocycles. The molecule has 0 bridgehead atoms. The largest absolute Gasteiger partial charge is 0.516 e. The molecule has 2 heterocycles. The Kier molecular flexibility index (Phi) is 6.08. The van der Waals surface area contributed by atoms with Gasteiger partial charge in [0.25, 0.3) is 5.13 Å². The molecule has 8 nitrogen and oxygen atoms in total. The zero-order valence-corrected chi connectivity index (χ0v) is 17.3. The molecule has 0 radical (unpaired) electrons. The summed E-state index contributed by atoms with van der Waals surface area (Å²) in [7, 11) is -5.62. The Hall–Kier alpha value is -2.28. The number of nitrogens with zero attached hydrogens (tertiary/aromatic N) is 5. The second-order valence-electron chi connectivity index (χ2n) is 6.32. The molecule has 0 fully saturated rings. The van der Waals surface area contributed by atoms with Crippen molar-refractivity contribution in [1.29, 1.82) is 0 Å². The molecule has 3 rings (SSSR count). The van der Waals surface area contributed by atoms with E-state index in [1.165, 1.54) is 11.6 Å². The van der Waals surface area contributed by atoms with Crippen LogP contribution in [0.5, 0.6) is 0 Å². The van der Waals surface area contributed by atoms with Crippen LogP contribution < -0.4 is 9.62 Å². The van der Waals surface area contributed by atoms with Gasteiger partial charge in [0.15, 0.2) is 0 Å². The third-order valence-corrected chi connectivity index (χ3v) is 6.34. The summed E-state index contributed by atoms with van der Waals surface area (Å²) in [5.74, 6) is 0. The molecule has 2 aromatic rings. The first-order chi connectivity index (χ1) is 13.7. The van der Waals surface area contributed by atoms with Gasteiger partial charge in [0.2, 0.25) is 0 Å². The predicted molar refractivity (Wildman–Crippen MR) is 105 cm³/mol. The lowest BCUT2D eigenvalue weighted by Gasteiger charge is -2.39.